The van der Waals surface area contributed by atoms with Gasteiger partial charge < -0.3 is 10.4 Å². The van der Waals surface area contributed by atoms with Gasteiger partial charge in [0.2, 0.25) is 0 Å². The second-order valence-corrected chi connectivity index (χ2v) is 9.99. The molecule has 2 atom stereocenters. The summed E-state index contributed by atoms with van der Waals surface area (Å²) in [5.41, 5.74) is 7.62. The van der Waals surface area contributed by atoms with E-state index in [0.717, 1.165) is 56.4 Å². The molecule has 5 rings (SSSR count). The van der Waals surface area contributed by atoms with Crippen molar-refractivity contribution >= 4 is 11.7 Å². The third-order valence-corrected chi connectivity index (χ3v) is 7.78. The van der Waals surface area contributed by atoms with Gasteiger partial charge in [-0.05, 0) is 81.1 Å². The molecule has 0 aromatic heterocycles. The Bertz CT molecular complexity index is 1110. The highest BCUT2D eigenvalue weighted by Crippen LogP contribution is 2.41. The van der Waals surface area contributed by atoms with Gasteiger partial charge in [-0.1, -0.05) is 54.2 Å². The van der Waals surface area contributed by atoms with Gasteiger partial charge in [-0.2, -0.15) is 0 Å². The number of dihydropyridines is 1. The number of allylic oxidation sites excluding steroid dienone is 13. The van der Waals surface area contributed by atoms with E-state index in [0.29, 0.717) is 11.8 Å². The summed E-state index contributed by atoms with van der Waals surface area (Å²) in [5.74, 6) is 0.102. The average Bonchev–Trinajstić information content (AvgIpc) is 3.22. The molecule has 0 bridgehead atoms. The number of rotatable bonds is 4. The van der Waals surface area contributed by atoms with E-state index in [1.165, 1.54) is 22.3 Å². The van der Waals surface area contributed by atoms with Gasteiger partial charge in [0, 0.05) is 29.1 Å². The van der Waals surface area contributed by atoms with Crippen LogP contribution in [0.5, 0.6) is 0 Å². The molecule has 0 aromatic carbocycles. The van der Waals surface area contributed by atoms with Crippen molar-refractivity contribution in [3.63, 3.8) is 0 Å². The first-order valence-electron chi connectivity index (χ1n) is 12.7. The number of nitrogens with one attached hydrogen (secondary N) is 1. The number of fused-ring (bicyclic) bond motifs is 1. The van der Waals surface area contributed by atoms with Crippen LogP contribution in [0.1, 0.15) is 51.9 Å². The highest BCUT2D eigenvalue weighted by Gasteiger charge is 2.30. The molecular formula is C30H34N2O2. The van der Waals surface area contributed by atoms with E-state index in [2.05, 4.69) is 66.9 Å². The van der Waals surface area contributed by atoms with Crippen LogP contribution < -0.4 is 5.32 Å². The van der Waals surface area contributed by atoms with E-state index in [1.807, 2.05) is 12.3 Å². The molecule has 2 aliphatic heterocycles. The Morgan fingerprint density at radius 2 is 1.91 bits per heavy atom. The molecule has 0 amide bonds. The molecule has 1 saturated carbocycles. The van der Waals surface area contributed by atoms with Crippen molar-refractivity contribution in [2.24, 2.45) is 22.7 Å². The fraction of sp³-hybridized carbons (Fsp3) is 0.400. The van der Waals surface area contributed by atoms with Crippen LogP contribution in [0.2, 0.25) is 0 Å². The predicted octanol–water partition coefficient (Wildman–Crippen LogP) is 6.35. The largest absolute Gasteiger partial charge is 0.481 e. The maximum atomic E-state index is 11.4. The lowest BCUT2D eigenvalue weighted by Crippen LogP contribution is -2.24. The Morgan fingerprint density at radius 3 is 2.71 bits per heavy atom. The molecule has 0 aromatic rings. The van der Waals surface area contributed by atoms with Crippen LogP contribution in [0.4, 0.5) is 0 Å². The molecule has 2 heterocycles. The van der Waals surface area contributed by atoms with Crippen molar-refractivity contribution in [2.45, 2.75) is 57.9 Å². The summed E-state index contributed by atoms with van der Waals surface area (Å²) >= 11 is 0. The van der Waals surface area contributed by atoms with Gasteiger partial charge in [0.25, 0.3) is 0 Å². The lowest BCUT2D eigenvalue weighted by Gasteiger charge is -2.30. The van der Waals surface area contributed by atoms with E-state index in [1.54, 1.807) is 0 Å². The maximum absolute atomic E-state index is 11.4. The summed E-state index contributed by atoms with van der Waals surface area (Å²) in [7, 11) is 0. The minimum Gasteiger partial charge on any atom is -0.481 e. The summed E-state index contributed by atoms with van der Waals surface area (Å²) in [6.45, 7) is 2.06. The van der Waals surface area contributed by atoms with Crippen LogP contribution in [-0.4, -0.2) is 22.8 Å². The number of hydrogen-bond donors (Lipinski definition) is 2. The fourth-order valence-electron chi connectivity index (χ4n) is 5.91. The van der Waals surface area contributed by atoms with Crippen LogP contribution in [0.25, 0.3) is 0 Å². The van der Waals surface area contributed by atoms with Crippen molar-refractivity contribution in [2.75, 3.05) is 0 Å². The Kier molecular flexibility index (Phi) is 6.66. The maximum Gasteiger partial charge on any atom is 0.306 e. The summed E-state index contributed by atoms with van der Waals surface area (Å²) in [6, 6.07) is 0.104. The second kappa shape index (κ2) is 10.0. The standard InChI is InChI=1S/C30H34N2O2/c1-20-6-4-10-28(32-20)29-27(9-2-3-17-31-29)25-16-13-21-7-5-8-24(18-26(21)19-25)22-11-14-23(15-12-22)30(33)34/h2-4,6-9,13,16-17,19,22-23,26,28,31H,5,10-12,14-15,18H2,1H3,(H,33,34). The van der Waals surface area contributed by atoms with Gasteiger partial charge in [-0.15, -0.1) is 0 Å². The van der Waals surface area contributed by atoms with Gasteiger partial charge in [-0.25, -0.2) is 0 Å². The molecule has 0 spiro atoms. The van der Waals surface area contributed by atoms with Gasteiger partial charge in [0.15, 0.2) is 0 Å². The Balaban J connectivity index is 1.39. The molecule has 0 radical (unpaired) electrons. The van der Waals surface area contributed by atoms with Crippen LogP contribution >= 0.6 is 0 Å². The first kappa shape index (κ1) is 22.6. The number of aliphatic carboxylic acids is 1. The number of carboxylic acids is 1. The zero-order chi connectivity index (χ0) is 23.5. The van der Waals surface area contributed by atoms with Crippen molar-refractivity contribution in [3.05, 3.63) is 94.9 Å². The summed E-state index contributed by atoms with van der Waals surface area (Å²) in [6.07, 6.45) is 30.9. The lowest BCUT2D eigenvalue weighted by molar-refractivity contribution is -0.143. The topological polar surface area (TPSA) is 61.7 Å². The highest BCUT2D eigenvalue weighted by atomic mass is 16.4. The monoisotopic (exact) mass is 454 g/mol. The zero-order valence-corrected chi connectivity index (χ0v) is 19.9. The predicted molar refractivity (Wildman–Crippen MR) is 138 cm³/mol. The van der Waals surface area contributed by atoms with Gasteiger partial charge in [0.05, 0.1) is 12.0 Å². The number of carbonyl (C=O) groups is 1. The number of aliphatic imine (C=N–C) groups is 1. The summed E-state index contributed by atoms with van der Waals surface area (Å²) in [5, 5.41) is 12.9. The minimum atomic E-state index is -0.626. The van der Waals surface area contributed by atoms with Crippen molar-refractivity contribution < 1.29 is 9.90 Å². The average molecular weight is 455 g/mol. The fourth-order valence-corrected chi connectivity index (χ4v) is 5.91. The molecular weight excluding hydrogens is 420 g/mol. The second-order valence-electron chi connectivity index (χ2n) is 9.99. The molecule has 5 aliphatic rings. The van der Waals surface area contributed by atoms with E-state index in [-0.39, 0.29) is 12.0 Å². The molecule has 1 fully saturated rings. The van der Waals surface area contributed by atoms with E-state index < -0.39 is 5.97 Å². The molecule has 4 heteroatoms. The molecule has 3 aliphatic carbocycles. The SMILES string of the molecule is CC1=NC(C2=C(C3=CC4CC(C5CCC(C(=O)O)CC5)=CCC=C4C=C3)C=CC=CN2)CC=C1. The zero-order valence-electron chi connectivity index (χ0n) is 19.9. The van der Waals surface area contributed by atoms with Gasteiger partial charge >= 0.3 is 5.97 Å². The normalized spacial score (nSPS) is 30.9. The minimum absolute atomic E-state index is 0.104. The van der Waals surface area contributed by atoms with E-state index >= 15 is 0 Å². The van der Waals surface area contributed by atoms with Crippen LogP contribution in [-0.2, 0) is 4.79 Å². The summed E-state index contributed by atoms with van der Waals surface area (Å²) < 4.78 is 0. The first-order chi connectivity index (χ1) is 16.6. The molecule has 4 nitrogen and oxygen atoms in total. The van der Waals surface area contributed by atoms with Crippen molar-refractivity contribution in [1.82, 2.24) is 5.32 Å². The van der Waals surface area contributed by atoms with Crippen LogP contribution in [0.15, 0.2) is 99.9 Å². The third kappa shape index (κ3) is 4.86. The quantitative estimate of drug-likeness (QED) is 0.486. The van der Waals surface area contributed by atoms with Crippen molar-refractivity contribution in [1.29, 1.82) is 0 Å². The molecule has 2 unspecified atom stereocenters. The first-order valence-corrected chi connectivity index (χ1v) is 12.7. The lowest BCUT2D eigenvalue weighted by atomic mass is 9.75. The Hall–Kier alpha value is -3.14. The van der Waals surface area contributed by atoms with Gasteiger partial charge in [-0.3, -0.25) is 9.79 Å². The Labute approximate surface area is 202 Å². The molecule has 176 valence electrons. The van der Waals surface area contributed by atoms with Crippen LogP contribution in [0, 0.1) is 17.8 Å². The number of hydrogen-bond acceptors (Lipinski definition) is 3. The van der Waals surface area contributed by atoms with E-state index in [4.69, 9.17) is 4.99 Å². The Morgan fingerprint density at radius 1 is 1.06 bits per heavy atom. The molecule has 2 N–H and O–H groups in total. The summed E-state index contributed by atoms with van der Waals surface area (Å²) in [4.78, 5) is 16.3. The smallest absolute Gasteiger partial charge is 0.306 e. The van der Waals surface area contributed by atoms with Crippen LogP contribution in [0.3, 0.4) is 0 Å². The number of carboxylic acid groups (broad SMARTS) is 1. The molecule has 34 heavy (non-hydrogen) atoms. The molecule has 0 saturated heterocycles. The van der Waals surface area contributed by atoms with E-state index in [9.17, 15) is 9.90 Å². The van der Waals surface area contributed by atoms with Crippen molar-refractivity contribution in [3.8, 4) is 0 Å². The third-order valence-electron chi connectivity index (χ3n) is 7.78. The highest BCUT2D eigenvalue weighted by molar-refractivity contribution is 5.93. The number of nitrogens with zero attached hydrogens (tertiary/aromatic N) is 1. The van der Waals surface area contributed by atoms with Gasteiger partial charge in [0.1, 0.15) is 0 Å².